The summed E-state index contributed by atoms with van der Waals surface area (Å²) in [7, 11) is 0. The molecule has 4 atom stereocenters. The fourth-order valence-corrected chi connectivity index (χ4v) is 3.42. The van der Waals surface area contributed by atoms with E-state index in [0.29, 0.717) is 25.8 Å². The molecule has 2 aromatic carbocycles. The summed E-state index contributed by atoms with van der Waals surface area (Å²) in [4.78, 5) is 50.4. The molecule has 2 amide bonds. The molecular formula is C25H33N6O4. The summed E-state index contributed by atoms with van der Waals surface area (Å²) in [6.07, 6.45) is 3.34. The van der Waals surface area contributed by atoms with Crippen LogP contribution >= 0.6 is 0 Å². The molecule has 0 spiro atoms. The number of ketones is 1. The molecule has 0 saturated heterocycles. The summed E-state index contributed by atoms with van der Waals surface area (Å²) in [6, 6.07) is 13.3. The van der Waals surface area contributed by atoms with Crippen molar-refractivity contribution in [1.29, 1.82) is 0 Å². The lowest BCUT2D eigenvalue weighted by Gasteiger charge is -2.31. The summed E-state index contributed by atoms with van der Waals surface area (Å²) in [5.74, 6) is -2.00. The monoisotopic (exact) mass is 481 g/mol. The van der Waals surface area contributed by atoms with Crippen molar-refractivity contribution < 1.29 is 19.2 Å². The highest BCUT2D eigenvalue weighted by atomic mass is 16.2. The Hall–Kier alpha value is -3.44. The quantitative estimate of drug-likeness (QED) is 0.115. The molecule has 10 heteroatoms. The van der Waals surface area contributed by atoms with Crippen LogP contribution in [0.5, 0.6) is 0 Å². The van der Waals surface area contributed by atoms with Crippen molar-refractivity contribution in [2.24, 2.45) is 22.9 Å². The molecule has 0 aliphatic rings. The lowest BCUT2D eigenvalue weighted by atomic mass is 9.93. The predicted octanol–water partition coefficient (Wildman–Crippen LogP) is -0.739. The molecule has 0 aliphatic heterocycles. The van der Waals surface area contributed by atoms with Gasteiger partial charge in [0.15, 0.2) is 11.4 Å². The van der Waals surface area contributed by atoms with Crippen LogP contribution < -0.4 is 33.6 Å². The molecule has 0 saturated carbocycles. The molecule has 0 fully saturated rings. The summed E-state index contributed by atoms with van der Waals surface area (Å²) in [5, 5.41) is 4.93. The van der Waals surface area contributed by atoms with Gasteiger partial charge in [0.1, 0.15) is 12.1 Å². The Bertz CT molecular complexity index is 988. The molecule has 2 rings (SSSR count). The van der Waals surface area contributed by atoms with Crippen molar-refractivity contribution in [2.45, 2.75) is 49.5 Å². The number of unbranched alkanes of at least 4 members (excludes halogenated alkanes) is 1. The number of carbonyl (C=O) groups excluding carboxylic acids is 4. The van der Waals surface area contributed by atoms with Crippen LogP contribution in [-0.4, -0.2) is 54.2 Å². The van der Waals surface area contributed by atoms with E-state index in [1.807, 2.05) is 6.07 Å². The molecule has 0 aromatic heterocycles. The third-order valence-corrected chi connectivity index (χ3v) is 5.55. The number of nitrogens with one attached hydrogen (secondary N) is 2. The Labute approximate surface area is 204 Å². The summed E-state index contributed by atoms with van der Waals surface area (Å²) in [5.41, 5.74) is 22.1. The summed E-state index contributed by atoms with van der Waals surface area (Å²) >= 11 is 0. The summed E-state index contributed by atoms with van der Waals surface area (Å²) < 4.78 is 0. The van der Waals surface area contributed by atoms with Gasteiger partial charge >= 0.3 is 0 Å². The minimum absolute atomic E-state index is 0.0880. The molecule has 187 valence electrons. The van der Waals surface area contributed by atoms with Crippen LogP contribution in [-0.2, 0) is 20.8 Å². The third kappa shape index (κ3) is 8.08. The van der Waals surface area contributed by atoms with Crippen molar-refractivity contribution in [1.82, 2.24) is 10.6 Å². The van der Waals surface area contributed by atoms with Crippen molar-refractivity contribution in [3.63, 3.8) is 0 Å². The zero-order chi connectivity index (χ0) is 25.8. The highest BCUT2D eigenvalue weighted by molar-refractivity contribution is 6.04. The van der Waals surface area contributed by atoms with E-state index in [4.69, 9.17) is 22.9 Å². The van der Waals surface area contributed by atoms with Crippen LogP contribution in [0.15, 0.2) is 60.7 Å². The van der Waals surface area contributed by atoms with Crippen LogP contribution in [0, 0.1) is 0 Å². The molecule has 10 nitrogen and oxygen atoms in total. The van der Waals surface area contributed by atoms with Gasteiger partial charge in [0.2, 0.25) is 18.1 Å². The van der Waals surface area contributed by atoms with E-state index >= 15 is 0 Å². The smallest absolute Gasteiger partial charge is 0.244 e. The van der Waals surface area contributed by atoms with E-state index in [2.05, 4.69) is 10.6 Å². The van der Waals surface area contributed by atoms with Crippen LogP contribution in [0.2, 0.25) is 0 Å². The molecule has 2 aromatic rings. The number of amides is 2. The molecule has 2 unspecified atom stereocenters. The van der Waals surface area contributed by atoms with Crippen LogP contribution in [0.1, 0.15) is 35.2 Å². The van der Waals surface area contributed by atoms with Crippen molar-refractivity contribution >= 4 is 23.9 Å². The number of hydrogen-bond acceptors (Lipinski definition) is 8. The van der Waals surface area contributed by atoms with Crippen LogP contribution in [0.25, 0.3) is 0 Å². The maximum Gasteiger partial charge on any atom is 0.244 e. The van der Waals surface area contributed by atoms with Gasteiger partial charge in [-0.1, -0.05) is 67.1 Å². The van der Waals surface area contributed by atoms with Gasteiger partial charge in [0.25, 0.3) is 0 Å². The largest absolute Gasteiger partial charge is 0.343 e. The molecule has 0 aliphatic carbocycles. The average Bonchev–Trinajstić information content (AvgIpc) is 2.88. The lowest BCUT2D eigenvalue weighted by Crippen LogP contribution is -2.71. The van der Waals surface area contributed by atoms with E-state index in [9.17, 15) is 19.2 Å². The molecular weight excluding hydrogens is 448 g/mol. The zero-order valence-corrected chi connectivity index (χ0v) is 19.5. The molecule has 10 N–H and O–H groups in total. The van der Waals surface area contributed by atoms with E-state index in [-0.39, 0.29) is 12.0 Å². The Kier molecular flexibility index (Phi) is 10.7. The second kappa shape index (κ2) is 13.4. The standard InChI is InChI=1S/C25H33N6O4/c26-14-8-7-13-19(27)23(34)30-20(15-17-9-3-1-4-10-17)24(35)31-25(29,16-32)22(28)21(33)18-11-5-2-6-12-18/h1-6,9-12,19-20,22H,7-8,13-15,26-29H2,(H,30,34)(H,31,35)/t19-,20-,22?,25?/m0/s1. The van der Waals surface area contributed by atoms with E-state index < -0.39 is 41.4 Å². The number of carbonyl (C=O) groups is 3. The fourth-order valence-electron chi connectivity index (χ4n) is 3.42. The second-order valence-electron chi connectivity index (χ2n) is 8.31. The lowest BCUT2D eigenvalue weighted by molar-refractivity contribution is -0.130. The Balaban J connectivity index is 2.20. The van der Waals surface area contributed by atoms with Gasteiger partial charge < -0.3 is 33.6 Å². The predicted molar refractivity (Wildman–Crippen MR) is 132 cm³/mol. The zero-order valence-electron chi connectivity index (χ0n) is 19.5. The first-order valence-electron chi connectivity index (χ1n) is 11.4. The first kappa shape index (κ1) is 27.8. The highest BCUT2D eigenvalue weighted by Gasteiger charge is 2.41. The minimum atomic E-state index is -2.33. The number of rotatable bonds is 14. The van der Waals surface area contributed by atoms with E-state index in [1.54, 1.807) is 42.5 Å². The number of benzene rings is 2. The van der Waals surface area contributed by atoms with Gasteiger partial charge in [-0.2, -0.15) is 0 Å². The number of Topliss-reactive ketones (excluding diaryl/α,β-unsaturated/α-hetero) is 1. The number of hydrogen-bond donors (Lipinski definition) is 6. The average molecular weight is 482 g/mol. The third-order valence-electron chi connectivity index (χ3n) is 5.55. The first-order valence-corrected chi connectivity index (χ1v) is 11.4. The first-order chi connectivity index (χ1) is 16.7. The second-order valence-corrected chi connectivity index (χ2v) is 8.31. The molecule has 0 bridgehead atoms. The Morgan fingerprint density at radius 3 is 2.09 bits per heavy atom. The van der Waals surface area contributed by atoms with Gasteiger partial charge in [-0.3, -0.25) is 19.2 Å². The Morgan fingerprint density at radius 1 is 0.914 bits per heavy atom. The van der Waals surface area contributed by atoms with E-state index in [0.717, 1.165) is 5.56 Å². The van der Waals surface area contributed by atoms with Gasteiger partial charge in [0, 0.05) is 12.0 Å². The molecule has 1 radical (unpaired) electrons. The number of nitrogens with two attached hydrogens (primary N) is 4. The van der Waals surface area contributed by atoms with Gasteiger partial charge in [-0.15, -0.1) is 0 Å². The SMILES string of the molecule is NCCCC[C@H](N)C(=O)N[C@@H](Cc1ccccc1)C(=O)NC(N)([C]=O)C(N)C(=O)c1ccccc1. The van der Waals surface area contributed by atoms with Crippen molar-refractivity contribution in [2.75, 3.05) is 6.54 Å². The van der Waals surface area contributed by atoms with E-state index in [1.165, 1.54) is 18.4 Å². The Morgan fingerprint density at radius 2 is 1.51 bits per heavy atom. The summed E-state index contributed by atoms with van der Waals surface area (Å²) in [6.45, 7) is 0.482. The van der Waals surface area contributed by atoms with Gasteiger partial charge in [-0.05, 0) is 24.9 Å². The van der Waals surface area contributed by atoms with Gasteiger partial charge in [-0.25, -0.2) is 0 Å². The molecule has 0 heterocycles. The highest BCUT2D eigenvalue weighted by Crippen LogP contribution is 2.11. The van der Waals surface area contributed by atoms with Crippen molar-refractivity contribution in [3.05, 3.63) is 71.8 Å². The van der Waals surface area contributed by atoms with Crippen molar-refractivity contribution in [3.8, 4) is 0 Å². The molecule has 35 heavy (non-hydrogen) atoms. The maximum absolute atomic E-state index is 13.2. The van der Waals surface area contributed by atoms with Crippen LogP contribution in [0.4, 0.5) is 0 Å². The topological polar surface area (TPSA) is 196 Å². The van der Waals surface area contributed by atoms with Gasteiger partial charge in [0.05, 0.1) is 6.04 Å². The normalized spacial score (nSPS) is 15.2. The minimum Gasteiger partial charge on any atom is -0.343 e. The maximum atomic E-state index is 13.2. The fraction of sp³-hybridized carbons (Fsp3) is 0.360. The van der Waals surface area contributed by atoms with Crippen LogP contribution in [0.3, 0.4) is 0 Å².